The van der Waals surface area contributed by atoms with E-state index in [1.807, 2.05) is 0 Å². The van der Waals surface area contributed by atoms with Gasteiger partial charge in [0, 0.05) is 11.5 Å². The molecule has 0 aliphatic rings. The molecule has 3 nitrogen and oxygen atoms in total. The fourth-order valence-electron chi connectivity index (χ4n) is 1.89. The Morgan fingerprint density at radius 3 is 2.52 bits per heavy atom. The second kappa shape index (κ2) is 7.77. The number of benzene rings is 1. The minimum absolute atomic E-state index is 0.0718. The summed E-state index contributed by atoms with van der Waals surface area (Å²) < 4.78 is 0.641. The van der Waals surface area contributed by atoms with Gasteiger partial charge in [-0.3, -0.25) is 9.59 Å². The second-order valence-electron chi connectivity index (χ2n) is 4.64. The van der Waals surface area contributed by atoms with Crippen LogP contribution in [0, 0.1) is 0 Å². The molecule has 23 heavy (non-hydrogen) atoms. The number of carbonyl (C=O) groups excluding carboxylic acids is 1. The van der Waals surface area contributed by atoms with E-state index in [2.05, 4.69) is 21.2 Å². The zero-order chi connectivity index (χ0) is 17.0. The number of hydrogen-bond acceptors (Lipinski definition) is 3. The summed E-state index contributed by atoms with van der Waals surface area (Å²) in [5, 5.41) is 3.62. The van der Waals surface area contributed by atoms with Gasteiger partial charge in [0.1, 0.15) is 0 Å². The standard InChI is InChI=1S/C17H12BrCl2NO2/c1-21-15-6-4-11(18)9-12(17(15)23)16(22)7-3-10-2-5-13(19)14(20)8-10/h2-9H,1H3,(H,21,23). The summed E-state index contributed by atoms with van der Waals surface area (Å²) in [6.07, 6.45) is 2.92. The zero-order valence-corrected chi connectivity index (χ0v) is 15.2. The first-order valence-electron chi connectivity index (χ1n) is 6.61. The number of carbonyl (C=O) groups is 1. The van der Waals surface area contributed by atoms with E-state index < -0.39 is 5.78 Å². The maximum Gasteiger partial charge on any atom is 0.212 e. The number of ketones is 1. The first kappa shape index (κ1) is 17.7. The fraction of sp³-hybridized carbons (Fsp3) is 0.0588. The second-order valence-corrected chi connectivity index (χ2v) is 6.37. The summed E-state index contributed by atoms with van der Waals surface area (Å²) in [7, 11) is 1.63. The van der Waals surface area contributed by atoms with Crippen molar-refractivity contribution < 1.29 is 4.79 Å². The molecule has 2 rings (SSSR count). The van der Waals surface area contributed by atoms with Crippen LogP contribution in [0.15, 0.2) is 51.7 Å². The Kier molecular flexibility index (Phi) is 5.99. The lowest BCUT2D eigenvalue weighted by atomic mass is 10.1. The predicted molar refractivity (Wildman–Crippen MR) is 99.8 cm³/mol. The Morgan fingerprint density at radius 2 is 1.87 bits per heavy atom. The van der Waals surface area contributed by atoms with Crippen LogP contribution < -0.4 is 10.7 Å². The van der Waals surface area contributed by atoms with Crippen molar-refractivity contribution in [2.45, 2.75) is 0 Å². The topological polar surface area (TPSA) is 46.2 Å². The fourth-order valence-corrected chi connectivity index (χ4v) is 2.56. The number of allylic oxidation sites excluding steroid dienone is 1. The number of halogens is 3. The van der Waals surface area contributed by atoms with Crippen molar-refractivity contribution in [1.29, 1.82) is 0 Å². The molecule has 0 saturated heterocycles. The molecule has 0 aliphatic carbocycles. The molecular weight excluding hydrogens is 401 g/mol. The Hall–Kier alpha value is -1.62. The first-order valence-corrected chi connectivity index (χ1v) is 8.16. The summed E-state index contributed by atoms with van der Waals surface area (Å²) >= 11 is 15.1. The molecule has 0 radical (unpaired) electrons. The molecule has 0 aliphatic heterocycles. The molecule has 6 heteroatoms. The lowest BCUT2D eigenvalue weighted by Gasteiger charge is -1.98. The van der Waals surface area contributed by atoms with Crippen LogP contribution in [0.1, 0.15) is 15.9 Å². The van der Waals surface area contributed by atoms with Crippen LogP contribution >= 0.6 is 39.1 Å². The van der Waals surface area contributed by atoms with Crippen LogP contribution in [0.2, 0.25) is 10.0 Å². The third-order valence-electron chi connectivity index (χ3n) is 3.09. The number of rotatable bonds is 4. The van der Waals surface area contributed by atoms with E-state index in [0.717, 1.165) is 0 Å². The molecule has 0 spiro atoms. The van der Waals surface area contributed by atoms with Crippen LogP contribution in [0.3, 0.4) is 0 Å². The van der Waals surface area contributed by atoms with Gasteiger partial charge in [0.05, 0.1) is 21.3 Å². The van der Waals surface area contributed by atoms with E-state index in [4.69, 9.17) is 23.2 Å². The van der Waals surface area contributed by atoms with Gasteiger partial charge in [-0.15, -0.1) is 0 Å². The van der Waals surface area contributed by atoms with Crippen LogP contribution in [0.4, 0.5) is 5.69 Å². The minimum atomic E-state index is -0.394. The maximum absolute atomic E-state index is 12.4. The highest BCUT2D eigenvalue weighted by molar-refractivity contribution is 9.10. The van der Waals surface area contributed by atoms with Gasteiger partial charge >= 0.3 is 0 Å². The molecule has 0 heterocycles. The molecule has 0 aromatic heterocycles. The van der Waals surface area contributed by atoms with Gasteiger partial charge in [0.25, 0.3) is 0 Å². The molecule has 2 aromatic carbocycles. The van der Waals surface area contributed by atoms with Gasteiger partial charge < -0.3 is 5.32 Å². The van der Waals surface area contributed by atoms with Gasteiger partial charge in [0.15, 0.2) is 5.78 Å². The predicted octanol–water partition coefficient (Wildman–Crippen LogP) is 5.05. The number of nitrogens with one attached hydrogen (secondary N) is 1. The van der Waals surface area contributed by atoms with Crippen molar-refractivity contribution in [2.24, 2.45) is 0 Å². The Labute approximate surface area is 152 Å². The van der Waals surface area contributed by atoms with Gasteiger partial charge in [0.2, 0.25) is 5.43 Å². The SMILES string of the molecule is CNc1ccc(Br)cc(C(=O)C=Cc2ccc(Cl)c(Cl)c2)c1=O. The molecule has 118 valence electrons. The third-order valence-corrected chi connectivity index (χ3v) is 4.32. The zero-order valence-electron chi connectivity index (χ0n) is 12.1. The van der Waals surface area contributed by atoms with E-state index in [1.165, 1.54) is 12.1 Å². The summed E-state index contributed by atoms with van der Waals surface area (Å²) in [6, 6.07) is 9.84. The highest BCUT2D eigenvalue weighted by Crippen LogP contribution is 2.23. The molecule has 0 amide bonds. The Balaban J connectivity index is 2.39. The number of hydrogen-bond donors (Lipinski definition) is 1. The first-order chi connectivity index (χ1) is 10.9. The monoisotopic (exact) mass is 411 g/mol. The van der Waals surface area contributed by atoms with Crippen LogP contribution in [0.25, 0.3) is 6.08 Å². The minimum Gasteiger partial charge on any atom is -0.385 e. The molecule has 0 fully saturated rings. The van der Waals surface area contributed by atoms with Crippen molar-refractivity contribution in [3.63, 3.8) is 0 Å². The molecule has 0 unspecified atom stereocenters. The quantitative estimate of drug-likeness (QED) is 0.564. The van der Waals surface area contributed by atoms with Crippen molar-refractivity contribution >= 4 is 56.7 Å². The normalized spacial score (nSPS) is 10.8. The molecule has 0 atom stereocenters. The van der Waals surface area contributed by atoms with E-state index in [-0.39, 0.29) is 11.0 Å². The van der Waals surface area contributed by atoms with Crippen molar-refractivity contribution in [3.8, 4) is 0 Å². The third kappa shape index (κ3) is 4.44. The van der Waals surface area contributed by atoms with Crippen LogP contribution in [-0.4, -0.2) is 12.8 Å². The van der Waals surface area contributed by atoms with E-state index in [0.29, 0.717) is 25.8 Å². The van der Waals surface area contributed by atoms with Gasteiger partial charge in [-0.25, -0.2) is 0 Å². The summed E-state index contributed by atoms with van der Waals surface area (Å²) in [5.41, 5.74) is 0.778. The Morgan fingerprint density at radius 1 is 1.13 bits per heavy atom. The summed E-state index contributed by atoms with van der Waals surface area (Å²) in [4.78, 5) is 24.7. The van der Waals surface area contributed by atoms with Crippen LogP contribution in [-0.2, 0) is 0 Å². The maximum atomic E-state index is 12.4. The summed E-state index contributed by atoms with van der Waals surface area (Å²) in [6.45, 7) is 0. The lowest BCUT2D eigenvalue weighted by Crippen LogP contribution is -2.14. The van der Waals surface area contributed by atoms with Crippen molar-refractivity contribution in [1.82, 2.24) is 0 Å². The van der Waals surface area contributed by atoms with Gasteiger partial charge in [-0.1, -0.05) is 51.3 Å². The average Bonchev–Trinajstić information content (AvgIpc) is 2.67. The number of anilines is 1. The largest absolute Gasteiger partial charge is 0.385 e. The van der Waals surface area contributed by atoms with E-state index in [9.17, 15) is 9.59 Å². The van der Waals surface area contributed by atoms with Gasteiger partial charge in [-0.05, 0) is 42.0 Å². The molecule has 0 bridgehead atoms. The Bertz CT molecular complexity index is 850. The lowest BCUT2D eigenvalue weighted by molar-refractivity contribution is 0.104. The molecule has 2 aromatic rings. The van der Waals surface area contributed by atoms with E-state index in [1.54, 1.807) is 43.5 Å². The molecule has 1 N–H and O–H groups in total. The molecule has 0 saturated carbocycles. The smallest absolute Gasteiger partial charge is 0.212 e. The average molecular weight is 413 g/mol. The van der Waals surface area contributed by atoms with Crippen molar-refractivity contribution in [2.75, 3.05) is 12.4 Å². The highest BCUT2D eigenvalue weighted by Gasteiger charge is 2.10. The molecular formula is C17H12BrCl2NO2. The summed E-state index contributed by atoms with van der Waals surface area (Å²) in [5.74, 6) is -0.394. The van der Waals surface area contributed by atoms with Gasteiger partial charge in [-0.2, -0.15) is 0 Å². The van der Waals surface area contributed by atoms with Crippen LogP contribution in [0.5, 0.6) is 0 Å². The highest BCUT2D eigenvalue weighted by atomic mass is 79.9. The van der Waals surface area contributed by atoms with Crippen molar-refractivity contribution in [3.05, 3.63) is 78.3 Å². The van der Waals surface area contributed by atoms with E-state index >= 15 is 0 Å².